The lowest BCUT2D eigenvalue weighted by atomic mass is 9.78. The molecule has 0 spiro atoms. The minimum absolute atomic E-state index is 0.0601. The minimum atomic E-state index is -0.438. The Morgan fingerprint density at radius 2 is 1.97 bits per heavy atom. The van der Waals surface area contributed by atoms with Gasteiger partial charge in [-0.3, -0.25) is 4.79 Å². The number of phenols is 1. The Hall–Kier alpha value is -3.32. The Morgan fingerprint density at radius 3 is 2.74 bits per heavy atom. The molecule has 1 aliphatic heterocycles. The summed E-state index contributed by atoms with van der Waals surface area (Å²) in [7, 11) is 0. The summed E-state index contributed by atoms with van der Waals surface area (Å²) in [6.07, 6.45) is 2.56. The SMILES string of the molecule is CCOc1cc([C@H]2C3=C(C[C@@H](c4ccc(Cl)cc4)CC3=O)Nc3ncnn32)ccc1O. The molecule has 2 atom stereocenters. The van der Waals surface area contributed by atoms with E-state index in [1.54, 1.807) is 22.9 Å². The third kappa shape index (κ3) is 3.45. The maximum absolute atomic E-state index is 13.4. The number of benzene rings is 2. The summed E-state index contributed by atoms with van der Waals surface area (Å²) >= 11 is 6.03. The largest absolute Gasteiger partial charge is 0.504 e. The Bertz CT molecular complexity index is 1190. The zero-order valence-corrected chi connectivity index (χ0v) is 17.6. The number of ketones is 1. The summed E-state index contributed by atoms with van der Waals surface area (Å²) in [5.41, 5.74) is 3.42. The summed E-state index contributed by atoms with van der Waals surface area (Å²) in [6, 6.07) is 12.4. The van der Waals surface area contributed by atoms with E-state index >= 15 is 0 Å². The molecule has 0 bridgehead atoms. The topological polar surface area (TPSA) is 89.3 Å². The molecule has 1 aromatic heterocycles. The predicted octanol–water partition coefficient (Wildman–Crippen LogP) is 4.45. The molecule has 2 heterocycles. The Labute approximate surface area is 184 Å². The molecule has 1 aliphatic carbocycles. The van der Waals surface area contributed by atoms with Gasteiger partial charge in [-0.15, -0.1) is 0 Å². The molecular formula is C23H21ClN4O3. The van der Waals surface area contributed by atoms with E-state index in [4.69, 9.17) is 16.3 Å². The highest BCUT2D eigenvalue weighted by Crippen LogP contribution is 2.45. The number of hydrogen-bond acceptors (Lipinski definition) is 6. The fraction of sp³-hybridized carbons (Fsp3) is 0.261. The first-order valence-corrected chi connectivity index (χ1v) is 10.6. The molecule has 8 heteroatoms. The van der Waals surface area contributed by atoms with Gasteiger partial charge in [0, 0.05) is 22.7 Å². The minimum Gasteiger partial charge on any atom is -0.504 e. The average molecular weight is 437 g/mol. The number of rotatable bonds is 4. The van der Waals surface area contributed by atoms with E-state index in [0.29, 0.717) is 41.7 Å². The van der Waals surface area contributed by atoms with Crippen LogP contribution in [0.4, 0.5) is 5.95 Å². The van der Waals surface area contributed by atoms with Crippen molar-refractivity contribution < 1.29 is 14.6 Å². The van der Waals surface area contributed by atoms with E-state index in [0.717, 1.165) is 16.8 Å². The van der Waals surface area contributed by atoms with Gasteiger partial charge in [-0.05, 0) is 54.7 Å². The second kappa shape index (κ2) is 7.74. The molecule has 0 fully saturated rings. The number of hydrogen-bond donors (Lipinski definition) is 2. The van der Waals surface area contributed by atoms with E-state index in [9.17, 15) is 9.90 Å². The van der Waals surface area contributed by atoms with Gasteiger partial charge in [-0.1, -0.05) is 29.8 Å². The lowest BCUT2D eigenvalue weighted by molar-refractivity contribution is -0.116. The molecule has 2 aliphatic rings. The molecule has 0 saturated carbocycles. The monoisotopic (exact) mass is 436 g/mol. The molecule has 0 unspecified atom stereocenters. The van der Waals surface area contributed by atoms with E-state index in [2.05, 4.69) is 15.4 Å². The van der Waals surface area contributed by atoms with Gasteiger partial charge in [0.1, 0.15) is 12.4 Å². The van der Waals surface area contributed by atoms with E-state index < -0.39 is 6.04 Å². The number of carbonyl (C=O) groups is 1. The van der Waals surface area contributed by atoms with Crippen LogP contribution in [0.5, 0.6) is 11.5 Å². The van der Waals surface area contributed by atoms with Gasteiger partial charge in [-0.25, -0.2) is 4.68 Å². The number of Topliss-reactive ketones (excluding diaryl/α,β-unsaturated/α-hetero) is 1. The van der Waals surface area contributed by atoms with Gasteiger partial charge < -0.3 is 15.2 Å². The maximum Gasteiger partial charge on any atom is 0.226 e. The smallest absolute Gasteiger partial charge is 0.226 e. The highest BCUT2D eigenvalue weighted by Gasteiger charge is 2.39. The summed E-state index contributed by atoms with van der Waals surface area (Å²) in [5.74, 6) is 1.14. The molecule has 31 heavy (non-hydrogen) atoms. The Kier molecular flexibility index (Phi) is 4.90. The number of halogens is 1. The van der Waals surface area contributed by atoms with Crippen LogP contribution in [-0.2, 0) is 4.79 Å². The maximum atomic E-state index is 13.4. The molecule has 0 saturated heterocycles. The van der Waals surface area contributed by atoms with Crippen molar-refractivity contribution in [2.75, 3.05) is 11.9 Å². The van der Waals surface area contributed by atoms with Gasteiger partial charge >= 0.3 is 0 Å². The van der Waals surface area contributed by atoms with Crippen LogP contribution in [0.3, 0.4) is 0 Å². The van der Waals surface area contributed by atoms with Crippen LogP contribution in [0.25, 0.3) is 0 Å². The lowest BCUT2D eigenvalue weighted by Gasteiger charge is -2.35. The van der Waals surface area contributed by atoms with Crippen molar-refractivity contribution in [2.45, 2.75) is 31.7 Å². The Balaban J connectivity index is 1.58. The van der Waals surface area contributed by atoms with E-state index in [-0.39, 0.29) is 17.5 Å². The first-order valence-electron chi connectivity index (χ1n) is 10.2. The average Bonchev–Trinajstić information content (AvgIpc) is 3.22. The number of nitrogens with zero attached hydrogens (tertiary/aromatic N) is 3. The number of carbonyl (C=O) groups excluding carboxylic acids is 1. The molecule has 158 valence electrons. The van der Waals surface area contributed by atoms with Crippen LogP contribution in [-0.4, -0.2) is 32.3 Å². The second-order valence-electron chi connectivity index (χ2n) is 7.69. The number of fused-ring (bicyclic) bond motifs is 1. The van der Waals surface area contributed by atoms with E-state index in [1.165, 1.54) is 6.33 Å². The molecule has 7 nitrogen and oxygen atoms in total. The van der Waals surface area contributed by atoms with Gasteiger partial charge in [0.15, 0.2) is 17.3 Å². The second-order valence-corrected chi connectivity index (χ2v) is 8.12. The standard InChI is InChI=1S/C23H21ClN4O3/c1-2-31-20-11-14(5-8-18(20)29)22-21-17(27-23-25-12-26-28(22)23)9-15(10-19(21)30)13-3-6-16(24)7-4-13/h3-8,11-12,15,22,29H,2,9-10H2,1H3,(H,25,26,27)/t15-,22+/m1/s1. The fourth-order valence-corrected chi connectivity index (χ4v) is 4.53. The normalized spacial score (nSPS) is 20.1. The van der Waals surface area contributed by atoms with Gasteiger partial charge in [0.25, 0.3) is 0 Å². The zero-order chi connectivity index (χ0) is 21.5. The van der Waals surface area contributed by atoms with E-state index in [1.807, 2.05) is 31.2 Å². The van der Waals surface area contributed by atoms with Gasteiger partial charge in [0.2, 0.25) is 5.95 Å². The lowest BCUT2D eigenvalue weighted by Crippen LogP contribution is -2.33. The van der Waals surface area contributed by atoms with Crippen molar-refractivity contribution in [3.05, 3.63) is 76.2 Å². The number of phenolic OH excluding ortho intramolecular Hbond substituents is 1. The van der Waals surface area contributed by atoms with Crippen LogP contribution in [0.2, 0.25) is 5.02 Å². The van der Waals surface area contributed by atoms with Crippen LogP contribution < -0.4 is 10.1 Å². The zero-order valence-electron chi connectivity index (χ0n) is 16.9. The van der Waals surface area contributed by atoms with Crippen molar-refractivity contribution in [2.24, 2.45) is 0 Å². The number of anilines is 1. The number of ether oxygens (including phenoxy) is 1. The van der Waals surface area contributed by atoms with Crippen LogP contribution in [0, 0.1) is 0 Å². The number of allylic oxidation sites excluding steroid dienone is 2. The Morgan fingerprint density at radius 1 is 1.19 bits per heavy atom. The fourth-order valence-electron chi connectivity index (χ4n) is 4.40. The summed E-state index contributed by atoms with van der Waals surface area (Å²) in [5, 5.41) is 18.5. The predicted molar refractivity (Wildman–Crippen MR) is 117 cm³/mol. The number of nitrogens with one attached hydrogen (secondary N) is 1. The van der Waals surface area contributed by atoms with Crippen LogP contribution in [0.1, 0.15) is 42.9 Å². The quantitative estimate of drug-likeness (QED) is 0.628. The van der Waals surface area contributed by atoms with Crippen molar-refractivity contribution in [3.63, 3.8) is 0 Å². The summed E-state index contributed by atoms with van der Waals surface area (Å²) < 4.78 is 7.27. The highest BCUT2D eigenvalue weighted by molar-refractivity contribution is 6.30. The van der Waals surface area contributed by atoms with Crippen molar-refractivity contribution in [3.8, 4) is 11.5 Å². The first kappa shape index (κ1) is 19.6. The third-order valence-corrected chi connectivity index (χ3v) is 6.05. The third-order valence-electron chi connectivity index (χ3n) is 5.80. The molecule has 0 radical (unpaired) electrons. The molecular weight excluding hydrogens is 416 g/mol. The molecule has 2 aromatic carbocycles. The van der Waals surface area contributed by atoms with Crippen LogP contribution >= 0.6 is 11.6 Å². The summed E-state index contributed by atoms with van der Waals surface area (Å²) in [4.78, 5) is 17.7. The van der Waals surface area contributed by atoms with Crippen molar-refractivity contribution in [1.29, 1.82) is 0 Å². The van der Waals surface area contributed by atoms with Gasteiger partial charge in [0.05, 0.1) is 6.61 Å². The van der Waals surface area contributed by atoms with Gasteiger partial charge in [-0.2, -0.15) is 10.1 Å². The van der Waals surface area contributed by atoms with Crippen molar-refractivity contribution >= 4 is 23.3 Å². The molecule has 5 rings (SSSR count). The van der Waals surface area contributed by atoms with Crippen molar-refractivity contribution in [1.82, 2.24) is 14.8 Å². The number of aromatic hydroxyl groups is 1. The highest BCUT2D eigenvalue weighted by atomic mass is 35.5. The molecule has 3 aromatic rings. The van der Waals surface area contributed by atoms with Crippen LogP contribution in [0.15, 0.2) is 60.1 Å². The number of aromatic nitrogens is 3. The first-order chi connectivity index (χ1) is 15.0. The summed E-state index contributed by atoms with van der Waals surface area (Å²) in [6.45, 7) is 2.28. The molecule has 0 amide bonds. The molecule has 2 N–H and O–H groups in total.